The first-order valence-corrected chi connectivity index (χ1v) is 3.16. The van der Waals surface area contributed by atoms with E-state index in [-0.39, 0.29) is 12.4 Å². The molecule has 1 rings (SSSR count). The van der Waals surface area contributed by atoms with Crippen molar-refractivity contribution in [2.45, 2.75) is 6.18 Å². The van der Waals surface area contributed by atoms with Crippen LogP contribution in [0.4, 0.5) is 13.2 Å². The highest BCUT2D eigenvalue weighted by Gasteiger charge is 2.35. The number of ether oxygens (including phenoxy) is 1. The molecule has 0 aromatic carbocycles. The van der Waals surface area contributed by atoms with E-state index in [1.54, 1.807) is 0 Å². The molecule has 0 radical (unpaired) electrons. The zero-order chi connectivity index (χ0) is 10.1. The number of nitrogens with zero attached hydrogens (tertiary/aromatic N) is 2. The van der Waals surface area contributed by atoms with Crippen molar-refractivity contribution in [3.05, 3.63) is 11.8 Å². The fourth-order valence-electron chi connectivity index (χ4n) is 0.813. The summed E-state index contributed by atoms with van der Waals surface area (Å²) in [5, 5.41) is 3.31. The van der Waals surface area contributed by atoms with E-state index in [9.17, 15) is 18.0 Å². The normalized spacial score (nSPS) is 11.4. The number of hydrogen-bond acceptors (Lipinski definition) is 3. The van der Waals surface area contributed by atoms with Gasteiger partial charge in [0, 0.05) is 13.1 Å². The molecule has 0 unspecified atom stereocenters. The van der Waals surface area contributed by atoms with Gasteiger partial charge in [0.1, 0.15) is 5.69 Å². The van der Waals surface area contributed by atoms with Crippen LogP contribution in [0.3, 0.4) is 0 Å². The van der Waals surface area contributed by atoms with Crippen LogP contribution in [-0.4, -0.2) is 16.3 Å². The fraction of sp³-hybridized carbons (Fsp3) is 0.333. The Bertz CT molecular complexity index is 318. The van der Waals surface area contributed by atoms with Crippen molar-refractivity contribution < 1.29 is 22.7 Å². The van der Waals surface area contributed by atoms with Crippen LogP contribution in [-0.2, 0) is 18.0 Å². The molecule has 1 heterocycles. The summed E-state index contributed by atoms with van der Waals surface area (Å²) in [4.78, 5) is 9.79. The van der Waals surface area contributed by atoms with Crippen LogP contribution in [0, 0.1) is 0 Å². The number of hydrogen-bond donors (Lipinski definition) is 0. The van der Waals surface area contributed by atoms with Gasteiger partial charge in [0.15, 0.2) is 0 Å². The molecule has 13 heavy (non-hydrogen) atoms. The van der Waals surface area contributed by atoms with Gasteiger partial charge in [-0.15, -0.1) is 5.10 Å². The van der Waals surface area contributed by atoms with E-state index in [4.69, 9.17) is 0 Å². The molecule has 72 valence electrons. The first-order chi connectivity index (χ1) is 5.95. The molecule has 4 nitrogen and oxygen atoms in total. The van der Waals surface area contributed by atoms with Crippen molar-refractivity contribution in [3.63, 3.8) is 0 Å². The molecule has 0 bridgehead atoms. The zero-order valence-electron chi connectivity index (χ0n) is 6.50. The van der Waals surface area contributed by atoms with E-state index in [0.29, 0.717) is 10.7 Å². The van der Waals surface area contributed by atoms with Crippen LogP contribution < -0.4 is 4.74 Å². The molecule has 1 aromatic rings. The summed E-state index contributed by atoms with van der Waals surface area (Å²) in [6.45, 7) is 0.0164. The van der Waals surface area contributed by atoms with Crippen LogP contribution in [0.25, 0.3) is 0 Å². The van der Waals surface area contributed by atoms with Gasteiger partial charge >= 0.3 is 6.18 Å². The Morgan fingerprint density at radius 1 is 1.62 bits per heavy atom. The lowest BCUT2D eigenvalue weighted by molar-refractivity contribution is -0.143. The number of aryl methyl sites for hydroxylation is 1. The van der Waals surface area contributed by atoms with Crippen LogP contribution in [0.5, 0.6) is 5.88 Å². The second-order valence-electron chi connectivity index (χ2n) is 2.20. The van der Waals surface area contributed by atoms with E-state index in [2.05, 4.69) is 9.84 Å². The third-order valence-electron chi connectivity index (χ3n) is 1.32. The van der Waals surface area contributed by atoms with Gasteiger partial charge in [-0.1, -0.05) is 0 Å². The molecule has 0 atom stereocenters. The Hall–Kier alpha value is -1.53. The molecule has 0 aliphatic carbocycles. The second-order valence-corrected chi connectivity index (χ2v) is 2.20. The smallest absolute Gasteiger partial charge is 0.408 e. The van der Waals surface area contributed by atoms with E-state index >= 15 is 0 Å². The number of carbonyl (C=O) groups excluding carboxylic acids is 1. The number of rotatable bonds is 2. The number of carbonyl (C=O) groups is 1. The first kappa shape index (κ1) is 9.56. The monoisotopic (exact) mass is 194 g/mol. The zero-order valence-corrected chi connectivity index (χ0v) is 6.50. The predicted molar refractivity (Wildman–Crippen MR) is 34.9 cm³/mol. The highest BCUT2D eigenvalue weighted by atomic mass is 19.4. The average Bonchev–Trinajstić information content (AvgIpc) is 2.30. The third-order valence-corrected chi connectivity index (χ3v) is 1.32. The van der Waals surface area contributed by atoms with Gasteiger partial charge in [-0.25, -0.2) is 0 Å². The van der Waals surface area contributed by atoms with Crippen molar-refractivity contribution >= 4 is 6.47 Å². The molecule has 0 fully saturated rings. The van der Waals surface area contributed by atoms with E-state index in [1.165, 1.54) is 0 Å². The van der Waals surface area contributed by atoms with E-state index < -0.39 is 11.9 Å². The lowest BCUT2D eigenvalue weighted by Gasteiger charge is -2.04. The second kappa shape index (κ2) is 3.08. The number of aromatic nitrogens is 2. The topological polar surface area (TPSA) is 44.1 Å². The molecule has 0 saturated carbocycles. The van der Waals surface area contributed by atoms with E-state index in [0.717, 1.165) is 7.05 Å². The standard InChI is InChI=1S/C6H5F3N2O2/c1-11-4(6(7,8)9)2-5(10-11)13-3-12/h2-3H,1H3. The molecular formula is C6H5F3N2O2. The van der Waals surface area contributed by atoms with Crippen LogP contribution in [0.15, 0.2) is 6.07 Å². The summed E-state index contributed by atoms with van der Waals surface area (Å²) in [5.41, 5.74) is -0.968. The number of halogens is 3. The summed E-state index contributed by atoms with van der Waals surface area (Å²) in [6.07, 6.45) is -4.49. The van der Waals surface area contributed by atoms with Crippen molar-refractivity contribution in [1.29, 1.82) is 0 Å². The molecular weight excluding hydrogens is 189 g/mol. The maximum absolute atomic E-state index is 12.1. The summed E-state index contributed by atoms with van der Waals surface area (Å²) >= 11 is 0. The average molecular weight is 194 g/mol. The molecule has 0 N–H and O–H groups in total. The lowest BCUT2D eigenvalue weighted by Crippen LogP contribution is -2.11. The van der Waals surface area contributed by atoms with Gasteiger partial charge in [0.05, 0.1) is 0 Å². The minimum Gasteiger partial charge on any atom is -0.408 e. The maximum Gasteiger partial charge on any atom is 0.433 e. The van der Waals surface area contributed by atoms with Gasteiger partial charge in [0.2, 0.25) is 5.88 Å². The SMILES string of the molecule is Cn1nc(OC=O)cc1C(F)(F)F. The summed E-state index contributed by atoms with van der Waals surface area (Å²) < 4.78 is 41.0. The Balaban J connectivity index is 3.03. The van der Waals surface area contributed by atoms with Crippen molar-refractivity contribution in [3.8, 4) is 5.88 Å². The minimum absolute atomic E-state index is 0.0164. The summed E-state index contributed by atoms with van der Waals surface area (Å²) in [7, 11) is 1.11. The Morgan fingerprint density at radius 3 is 2.62 bits per heavy atom. The predicted octanol–water partition coefficient (Wildman–Crippen LogP) is 0.974. The van der Waals surface area contributed by atoms with E-state index in [1.807, 2.05) is 0 Å². The van der Waals surface area contributed by atoms with Crippen LogP contribution in [0.1, 0.15) is 5.69 Å². The third kappa shape index (κ3) is 1.98. The maximum atomic E-state index is 12.1. The summed E-state index contributed by atoms with van der Waals surface area (Å²) in [5.74, 6) is -0.371. The molecule has 1 aromatic heterocycles. The minimum atomic E-state index is -4.49. The van der Waals surface area contributed by atoms with Gasteiger partial charge < -0.3 is 4.74 Å². The summed E-state index contributed by atoms with van der Waals surface area (Å²) in [6, 6.07) is 0.647. The molecule has 0 saturated heterocycles. The van der Waals surface area contributed by atoms with Crippen LogP contribution in [0.2, 0.25) is 0 Å². The van der Waals surface area contributed by atoms with Crippen LogP contribution >= 0.6 is 0 Å². The molecule has 0 aliphatic rings. The molecule has 7 heteroatoms. The van der Waals surface area contributed by atoms with Crippen molar-refractivity contribution in [1.82, 2.24) is 9.78 Å². The number of alkyl halides is 3. The molecule has 0 aliphatic heterocycles. The highest BCUT2D eigenvalue weighted by molar-refractivity contribution is 5.43. The lowest BCUT2D eigenvalue weighted by atomic mass is 10.4. The van der Waals surface area contributed by atoms with Gasteiger partial charge in [0.25, 0.3) is 6.47 Å². The Morgan fingerprint density at radius 2 is 2.23 bits per heavy atom. The molecule has 0 amide bonds. The quantitative estimate of drug-likeness (QED) is 0.659. The largest absolute Gasteiger partial charge is 0.433 e. The van der Waals surface area contributed by atoms with Gasteiger partial charge in [-0.2, -0.15) is 13.2 Å². The highest BCUT2D eigenvalue weighted by Crippen LogP contribution is 2.30. The Labute approximate surface area is 70.9 Å². The van der Waals surface area contributed by atoms with Gasteiger partial charge in [-0.05, 0) is 0 Å². The Kier molecular flexibility index (Phi) is 2.26. The van der Waals surface area contributed by atoms with Crippen molar-refractivity contribution in [2.24, 2.45) is 7.05 Å². The van der Waals surface area contributed by atoms with Crippen molar-refractivity contribution in [2.75, 3.05) is 0 Å². The molecule has 0 spiro atoms. The van der Waals surface area contributed by atoms with Gasteiger partial charge in [-0.3, -0.25) is 9.48 Å². The first-order valence-electron chi connectivity index (χ1n) is 3.16. The fourth-order valence-corrected chi connectivity index (χ4v) is 0.813.